The molecular weight excluding hydrogens is 356 g/mol. The van der Waals surface area contributed by atoms with Gasteiger partial charge in [-0.05, 0) is 49.8 Å². The van der Waals surface area contributed by atoms with Gasteiger partial charge in [-0.3, -0.25) is 9.69 Å². The molecule has 1 aromatic carbocycles. The van der Waals surface area contributed by atoms with Gasteiger partial charge in [0.2, 0.25) is 0 Å². The number of likely N-dealkylation sites (tertiary alicyclic amines) is 1. The van der Waals surface area contributed by atoms with Crippen LogP contribution in [-0.4, -0.2) is 73.7 Å². The Labute approximate surface area is 166 Å². The van der Waals surface area contributed by atoms with Gasteiger partial charge >= 0.3 is 6.03 Å². The van der Waals surface area contributed by atoms with Gasteiger partial charge in [0.05, 0.1) is 6.10 Å². The first-order valence-corrected chi connectivity index (χ1v) is 10.3. The van der Waals surface area contributed by atoms with Crippen LogP contribution in [-0.2, 0) is 11.2 Å². The Kier molecular flexibility index (Phi) is 5.55. The molecule has 2 N–H and O–H groups in total. The summed E-state index contributed by atoms with van der Waals surface area (Å²) in [7, 11) is 3.66. The van der Waals surface area contributed by atoms with Crippen molar-refractivity contribution >= 4 is 17.6 Å². The van der Waals surface area contributed by atoms with E-state index in [2.05, 4.69) is 15.5 Å². The van der Waals surface area contributed by atoms with Crippen LogP contribution in [0.15, 0.2) is 18.2 Å². The summed E-state index contributed by atoms with van der Waals surface area (Å²) < 4.78 is 5.51. The Bertz CT molecular complexity index is 753. The summed E-state index contributed by atoms with van der Waals surface area (Å²) in [5, 5.41) is 5.84. The Hall–Kier alpha value is -2.12. The first-order valence-electron chi connectivity index (χ1n) is 10.3. The molecule has 4 rings (SSSR count). The van der Waals surface area contributed by atoms with E-state index in [9.17, 15) is 9.59 Å². The lowest BCUT2D eigenvalue weighted by atomic mass is 10.00. The maximum absolute atomic E-state index is 12.9. The molecule has 0 spiro atoms. The predicted octanol–water partition coefficient (Wildman–Crippen LogP) is 2.08. The van der Waals surface area contributed by atoms with E-state index in [1.807, 2.05) is 24.1 Å². The van der Waals surface area contributed by atoms with Crippen molar-refractivity contribution in [1.82, 2.24) is 15.1 Å². The van der Waals surface area contributed by atoms with Crippen molar-refractivity contribution in [3.8, 4) is 0 Å². The number of hydrogen-bond donors (Lipinski definition) is 2. The van der Waals surface area contributed by atoms with Gasteiger partial charge in [0.15, 0.2) is 0 Å². The Morgan fingerprint density at radius 3 is 2.96 bits per heavy atom. The molecule has 3 amide bonds. The van der Waals surface area contributed by atoms with Crippen molar-refractivity contribution in [2.24, 2.45) is 0 Å². The number of carbonyl (C=O) groups excluding carboxylic acids is 2. The minimum atomic E-state index is -0.115. The number of benzene rings is 1. The third-order valence-electron chi connectivity index (χ3n) is 6.53. The highest BCUT2D eigenvalue weighted by molar-refractivity contribution is 5.99. The first-order chi connectivity index (χ1) is 13.6. The molecule has 1 saturated heterocycles. The fourth-order valence-corrected chi connectivity index (χ4v) is 4.90. The van der Waals surface area contributed by atoms with E-state index in [1.165, 1.54) is 0 Å². The average molecular weight is 386 g/mol. The summed E-state index contributed by atoms with van der Waals surface area (Å²) in [5.41, 5.74) is 2.36. The molecule has 7 nitrogen and oxygen atoms in total. The van der Waals surface area contributed by atoms with Crippen molar-refractivity contribution in [3.63, 3.8) is 0 Å². The normalized spacial score (nSPS) is 27.4. The molecule has 2 aliphatic heterocycles. The second kappa shape index (κ2) is 8.09. The highest BCUT2D eigenvalue weighted by atomic mass is 16.5. The van der Waals surface area contributed by atoms with E-state index in [0.717, 1.165) is 50.8 Å². The highest BCUT2D eigenvalue weighted by Crippen LogP contribution is 2.31. The molecule has 0 aromatic heterocycles. The van der Waals surface area contributed by atoms with Crippen LogP contribution in [0.25, 0.3) is 0 Å². The number of hydrogen-bond acceptors (Lipinski definition) is 4. The predicted molar refractivity (Wildman–Crippen MR) is 108 cm³/mol. The zero-order chi connectivity index (χ0) is 19.7. The molecule has 2 fully saturated rings. The van der Waals surface area contributed by atoms with Crippen LogP contribution >= 0.6 is 0 Å². The van der Waals surface area contributed by atoms with Gasteiger partial charge in [0.25, 0.3) is 5.91 Å². The third-order valence-corrected chi connectivity index (χ3v) is 6.53. The Balaban J connectivity index is 1.42. The molecule has 0 radical (unpaired) electrons. The number of carbonyl (C=O) groups is 2. The number of nitrogens with zero attached hydrogens (tertiary/aromatic N) is 2. The summed E-state index contributed by atoms with van der Waals surface area (Å²) in [5.74, 6) is -0.0664. The fraction of sp³-hybridized carbons (Fsp3) is 0.619. The molecule has 152 valence electrons. The van der Waals surface area contributed by atoms with Crippen LogP contribution in [0.5, 0.6) is 0 Å². The molecule has 1 aliphatic carbocycles. The number of anilines is 1. The molecule has 1 unspecified atom stereocenters. The zero-order valence-corrected chi connectivity index (χ0v) is 16.7. The number of urea groups is 1. The molecule has 1 aromatic rings. The zero-order valence-electron chi connectivity index (χ0n) is 16.7. The van der Waals surface area contributed by atoms with Crippen LogP contribution in [0.2, 0.25) is 0 Å². The summed E-state index contributed by atoms with van der Waals surface area (Å²) in [6.07, 6.45) is 5.49. The van der Waals surface area contributed by atoms with Crippen LogP contribution < -0.4 is 10.6 Å². The summed E-state index contributed by atoms with van der Waals surface area (Å²) in [6, 6.07) is 6.10. The van der Waals surface area contributed by atoms with Crippen molar-refractivity contribution < 1.29 is 14.3 Å². The number of nitrogens with one attached hydrogen (secondary N) is 2. The fourth-order valence-electron chi connectivity index (χ4n) is 4.90. The smallest absolute Gasteiger partial charge is 0.321 e. The minimum absolute atomic E-state index is 0.0664. The lowest BCUT2D eigenvalue weighted by molar-refractivity contribution is 0.0906. The van der Waals surface area contributed by atoms with Crippen molar-refractivity contribution in [3.05, 3.63) is 29.3 Å². The van der Waals surface area contributed by atoms with Crippen LogP contribution in [0.4, 0.5) is 10.5 Å². The lowest BCUT2D eigenvalue weighted by Gasteiger charge is -2.35. The molecule has 2 heterocycles. The average Bonchev–Trinajstić information content (AvgIpc) is 3.37. The summed E-state index contributed by atoms with van der Waals surface area (Å²) in [4.78, 5) is 29.3. The SMILES string of the molecule is COC1CCN([C@@H]2CCC[C@@H]2N(C)C(=O)Nc2ccc3c(c2)C(=O)NCC3)C1. The number of fused-ring (bicyclic) bond motifs is 1. The number of amides is 3. The Morgan fingerprint density at radius 1 is 1.32 bits per heavy atom. The minimum Gasteiger partial charge on any atom is -0.380 e. The van der Waals surface area contributed by atoms with Gasteiger partial charge < -0.3 is 20.3 Å². The molecule has 7 heteroatoms. The van der Waals surface area contributed by atoms with E-state index < -0.39 is 0 Å². The van der Waals surface area contributed by atoms with Gasteiger partial charge in [-0.2, -0.15) is 0 Å². The van der Waals surface area contributed by atoms with E-state index in [0.29, 0.717) is 29.9 Å². The standard InChI is InChI=1S/C21H30N4O3/c1-24(18-4-3-5-19(18)25-11-9-16(13-25)28-2)21(27)23-15-7-6-14-8-10-22-20(26)17(14)12-15/h6-7,12,16,18-19H,3-5,8-11,13H2,1-2H3,(H,22,26)(H,23,27)/t16?,18-,19+/m0/s1. The van der Waals surface area contributed by atoms with Gasteiger partial charge in [-0.1, -0.05) is 6.07 Å². The largest absolute Gasteiger partial charge is 0.380 e. The van der Waals surface area contributed by atoms with E-state index in [-0.39, 0.29) is 18.0 Å². The number of methoxy groups -OCH3 is 1. The summed E-state index contributed by atoms with van der Waals surface area (Å²) in [6.45, 7) is 2.66. The van der Waals surface area contributed by atoms with Crippen molar-refractivity contribution in [2.45, 2.75) is 50.3 Å². The quantitative estimate of drug-likeness (QED) is 0.831. The maximum Gasteiger partial charge on any atom is 0.321 e. The number of rotatable bonds is 4. The third kappa shape index (κ3) is 3.73. The van der Waals surface area contributed by atoms with Crippen molar-refractivity contribution in [2.75, 3.05) is 39.1 Å². The molecule has 0 bridgehead atoms. The summed E-state index contributed by atoms with van der Waals surface area (Å²) >= 11 is 0. The second-order valence-electron chi connectivity index (χ2n) is 8.13. The molecular formula is C21H30N4O3. The van der Waals surface area contributed by atoms with Crippen LogP contribution in [0.3, 0.4) is 0 Å². The topological polar surface area (TPSA) is 73.9 Å². The van der Waals surface area contributed by atoms with E-state index in [4.69, 9.17) is 4.74 Å². The number of likely N-dealkylation sites (N-methyl/N-ethyl adjacent to an activating group) is 1. The molecule has 28 heavy (non-hydrogen) atoms. The lowest BCUT2D eigenvalue weighted by Crippen LogP contribution is -2.50. The van der Waals surface area contributed by atoms with Crippen molar-refractivity contribution in [1.29, 1.82) is 0 Å². The first kappa shape index (κ1) is 19.2. The van der Waals surface area contributed by atoms with Gasteiger partial charge in [0.1, 0.15) is 0 Å². The van der Waals surface area contributed by atoms with Gasteiger partial charge in [-0.15, -0.1) is 0 Å². The molecule has 3 atom stereocenters. The maximum atomic E-state index is 12.9. The highest BCUT2D eigenvalue weighted by Gasteiger charge is 2.39. The van der Waals surface area contributed by atoms with Crippen LogP contribution in [0.1, 0.15) is 41.6 Å². The van der Waals surface area contributed by atoms with Crippen LogP contribution in [0, 0.1) is 0 Å². The number of ether oxygens (including phenoxy) is 1. The molecule has 1 saturated carbocycles. The van der Waals surface area contributed by atoms with E-state index >= 15 is 0 Å². The van der Waals surface area contributed by atoms with Gasteiger partial charge in [-0.25, -0.2) is 4.79 Å². The Morgan fingerprint density at radius 2 is 2.18 bits per heavy atom. The monoisotopic (exact) mass is 386 g/mol. The van der Waals surface area contributed by atoms with E-state index in [1.54, 1.807) is 13.2 Å². The molecule has 3 aliphatic rings. The second-order valence-corrected chi connectivity index (χ2v) is 8.13. The van der Waals surface area contributed by atoms with Gasteiger partial charge in [0, 0.05) is 57.1 Å².